The number of hydrogen-bond donors (Lipinski definition) is 1. The topological polar surface area (TPSA) is 24.5 Å². The first-order valence-electron chi connectivity index (χ1n) is 9.05. The molecule has 1 heterocycles. The molecule has 4 unspecified atom stereocenters. The number of nitrogens with one attached hydrogen (secondary N) is 1. The Kier molecular flexibility index (Phi) is 6.51. The minimum atomic E-state index is 0.350. The highest BCUT2D eigenvalue weighted by Gasteiger charge is 2.42. The lowest BCUT2D eigenvalue weighted by atomic mass is 9.70. The predicted octanol–water partition coefficient (Wildman–Crippen LogP) is 3.43. The zero-order valence-corrected chi connectivity index (χ0v) is 14.7. The van der Waals surface area contributed by atoms with Crippen molar-refractivity contribution in [2.45, 2.75) is 82.4 Å². The van der Waals surface area contributed by atoms with Gasteiger partial charge < -0.3 is 15.0 Å². The van der Waals surface area contributed by atoms with Crippen LogP contribution in [0.5, 0.6) is 0 Å². The summed E-state index contributed by atoms with van der Waals surface area (Å²) < 4.78 is 5.77. The van der Waals surface area contributed by atoms with Crippen LogP contribution >= 0.6 is 0 Å². The Hall–Kier alpha value is -0.120. The van der Waals surface area contributed by atoms with E-state index in [2.05, 4.69) is 38.3 Å². The normalized spacial score (nSPS) is 35.3. The third-order valence-electron chi connectivity index (χ3n) is 5.94. The zero-order chi connectivity index (χ0) is 15.3. The SMILES string of the molecule is CNC(CCCC1CCCO1)C1(N(C)C)CCCC(C)C1. The van der Waals surface area contributed by atoms with Crippen molar-refractivity contribution in [3.63, 3.8) is 0 Å². The largest absolute Gasteiger partial charge is 0.378 e. The first-order valence-corrected chi connectivity index (χ1v) is 9.05. The van der Waals surface area contributed by atoms with Crippen LogP contribution < -0.4 is 5.32 Å². The van der Waals surface area contributed by atoms with Crippen molar-refractivity contribution in [3.05, 3.63) is 0 Å². The molecule has 0 aromatic heterocycles. The van der Waals surface area contributed by atoms with Gasteiger partial charge in [0.25, 0.3) is 0 Å². The van der Waals surface area contributed by atoms with Gasteiger partial charge in [0.05, 0.1) is 6.10 Å². The molecule has 1 aliphatic heterocycles. The minimum absolute atomic E-state index is 0.350. The Morgan fingerprint density at radius 1 is 1.29 bits per heavy atom. The molecule has 0 aromatic rings. The molecule has 1 saturated heterocycles. The molecule has 1 N–H and O–H groups in total. The average Bonchev–Trinajstić information content (AvgIpc) is 2.96. The maximum Gasteiger partial charge on any atom is 0.0576 e. The van der Waals surface area contributed by atoms with Crippen molar-refractivity contribution in [1.29, 1.82) is 0 Å². The second-order valence-electron chi connectivity index (χ2n) is 7.61. The fourth-order valence-corrected chi connectivity index (χ4v) is 4.70. The summed E-state index contributed by atoms with van der Waals surface area (Å²) in [7, 11) is 6.71. The molecule has 2 fully saturated rings. The molecular formula is C18H36N2O. The fourth-order valence-electron chi connectivity index (χ4n) is 4.70. The predicted molar refractivity (Wildman–Crippen MR) is 89.7 cm³/mol. The first kappa shape index (κ1) is 17.2. The lowest BCUT2D eigenvalue weighted by Gasteiger charge is -2.50. The van der Waals surface area contributed by atoms with Crippen LogP contribution in [-0.2, 0) is 4.74 Å². The summed E-state index contributed by atoms with van der Waals surface area (Å²) in [6, 6.07) is 0.608. The van der Waals surface area contributed by atoms with E-state index in [1.54, 1.807) is 0 Å². The Morgan fingerprint density at radius 2 is 2.10 bits per heavy atom. The lowest BCUT2D eigenvalue weighted by molar-refractivity contribution is 0.0337. The molecule has 4 atom stereocenters. The summed E-state index contributed by atoms with van der Waals surface area (Å²) in [5.41, 5.74) is 0.350. The molecule has 1 saturated carbocycles. The molecule has 1 aliphatic carbocycles. The van der Waals surface area contributed by atoms with E-state index >= 15 is 0 Å². The Balaban J connectivity index is 1.91. The van der Waals surface area contributed by atoms with Gasteiger partial charge in [-0.2, -0.15) is 0 Å². The van der Waals surface area contributed by atoms with Crippen LogP contribution in [0.2, 0.25) is 0 Å². The van der Waals surface area contributed by atoms with Gasteiger partial charge in [-0.15, -0.1) is 0 Å². The molecule has 124 valence electrons. The highest BCUT2D eigenvalue weighted by molar-refractivity contribution is 5.01. The highest BCUT2D eigenvalue weighted by Crippen LogP contribution is 2.39. The van der Waals surface area contributed by atoms with Gasteiger partial charge in [-0.3, -0.25) is 0 Å². The monoisotopic (exact) mass is 296 g/mol. The van der Waals surface area contributed by atoms with Crippen molar-refractivity contribution in [3.8, 4) is 0 Å². The van der Waals surface area contributed by atoms with Crippen LogP contribution in [0.4, 0.5) is 0 Å². The van der Waals surface area contributed by atoms with E-state index in [9.17, 15) is 0 Å². The lowest BCUT2D eigenvalue weighted by Crippen LogP contribution is -2.60. The quantitative estimate of drug-likeness (QED) is 0.779. The smallest absolute Gasteiger partial charge is 0.0576 e. The van der Waals surface area contributed by atoms with Gasteiger partial charge >= 0.3 is 0 Å². The summed E-state index contributed by atoms with van der Waals surface area (Å²) in [5, 5.41) is 3.66. The van der Waals surface area contributed by atoms with Crippen LogP contribution in [0, 0.1) is 5.92 Å². The Morgan fingerprint density at radius 3 is 2.67 bits per heavy atom. The van der Waals surface area contributed by atoms with Crippen LogP contribution in [0.25, 0.3) is 0 Å². The van der Waals surface area contributed by atoms with Crippen LogP contribution in [0.1, 0.15) is 64.7 Å². The van der Waals surface area contributed by atoms with E-state index in [-0.39, 0.29) is 0 Å². The van der Waals surface area contributed by atoms with Gasteiger partial charge in [-0.05, 0) is 72.0 Å². The van der Waals surface area contributed by atoms with E-state index < -0.39 is 0 Å². The molecule has 0 spiro atoms. The summed E-state index contributed by atoms with van der Waals surface area (Å²) in [6.07, 6.45) is 12.4. The van der Waals surface area contributed by atoms with E-state index in [1.165, 1.54) is 57.8 Å². The molecule has 3 nitrogen and oxygen atoms in total. The molecule has 0 aromatic carbocycles. The Bertz CT molecular complexity index is 302. The van der Waals surface area contributed by atoms with Crippen molar-refractivity contribution in [2.75, 3.05) is 27.7 Å². The molecule has 0 bridgehead atoms. The second-order valence-corrected chi connectivity index (χ2v) is 7.61. The van der Waals surface area contributed by atoms with E-state index in [1.807, 2.05) is 0 Å². The van der Waals surface area contributed by atoms with Gasteiger partial charge in [0.15, 0.2) is 0 Å². The van der Waals surface area contributed by atoms with Crippen LogP contribution in [-0.4, -0.2) is 50.3 Å². The molecular weight excluding hydrogens is 260 g/mol. The van der Waals surface area contributed by atoms with Crippen LogP contribution in [0.15, 0.2) is 0 Å². The van der Waals surface area contributed by atoms with Crippen LogP contribution in [0.3, 0.4) is 0 Å². The number of ether oxygens (including phenoxy) is 1. The number of nitrogens with zero attached hydrogens (tertiary/aromatic N) is 1. The van der Waals surface area contributed by atoms with Crippen molar-refractivity contribution in [2.24, 2.45) is 5.92 Å². The summed E-state index contributed by atoms with van der Waals surface area (Å²) in [6.45, 7) is 3.41. The number of rotatable bonds is 7. The Labute approximate surface area is 131 Å². The van der Waals surface area contributed by atoms with Crippen molar-refractivity contribution in [1.82, 2.24) is 10.2 Å². The minimum Gasteiger partial charge on any atom is -0.378 e. The van der Waals surface area contributed by atoms with E-state index in [0.717, 1.165) is 12.5 Å². The second kappa shape index (κ2) is 7.94. The van der Waals surface area contributed by atoms with E-state index in [0.29, 0.717) is 17.7 Å². The standard InChI is InChI=1S/C18H36N2O/c1-15-8-6-12-18(14-15,20(3)4)17(19-2)11-5-9-16-10-7-13-21-16/h15-17,19H,5-14H2,1-4H3. The van der Waals surface area contributed by atoms with Gasteiger partial charge in [-0.25, -0.2) is 0 Å². The molecule has 2 aliphatic rings. The highest BCUT2D eigenvalue weighted by atomic mass is 16.5. The van der Waals surface area contributed by atoms with Crippen molar-refractivity contribution >= 4 is 0 Å². The van der Waals surface area contributed by atoms with Gasteiger partial charge in [-0.1, -0.05) is 19.8 Å². The summed E-state index contributed by atoms with van der Waals surface area (Å²) in [4.78, 5) is 2.51. The molecule has 0 amide bonds. The maximum atomic E-state index is 5.77. The molecule has 0 radical (unpaired) electrons. The van der Waals surface area contributed by atoms with Crippen molar-refractivity contribution < 1.29 is 4.74 Å². The number of likely N-dealkylation sites (N-methyl/N-ethyl adjacent to an activating group) is 2. The maximum absolute atomic E-state index is 5.77. The van der Waals surface area contributed by atoms with Gasteiger partial charge in [0, 0.05) is 18.2 Å². The first-order chi connectivity index (χ1) is 10.1. The molecule has 3 heteroatoms. The van der Waals surface area contributed by atoms with Gasteiger partial charge in [0.2, 0.25) is 0 Å². The molecule has 21 heavy (non-hydrogen) atoms. The molecule has 2 rings (SSSR count). The third kappa shape index (κ3) is 4.20. The van der Waals surface area contributed by atoms with E-state index in [4.69, 9.17) is 4.74 Å². The summed E-state index contributed by atoms with van der Waals surface area (Å²) >= 11 is 0. The van der Waals surface area contributed by atoms with Gasteiger partial charge in [0.1, 0.15) is 0 Å². The summed E-state index contributed by atoms with van der Waals surface area (Å²) in [5.74, 6) is 0.857. The third-order valence-corrected chi connectivity index (χ3v) is 5.94. The number of hydrogen-bond acceptors (Lipinski definition) is 3. The fraction of sp³-hybridized carbons (Fsp3) is 1.00. The zero-order valence-electron chi connectivity index (χ0n) is 14.7. The average molecular weight is 296 g/mol.